The zero-order valence-corrected chi connectivity index (χ0v) is 22.6. The second-order valence-electron chi connectivity index (χ2n) is 9.12. The number of rotatable bonds is 8. The molecule has 4 rings (SSSR count). The van der Waals surface area contributed by atoms with Crippen molar-refractivity contribution in [1.82, 2.24) is 9.55 Å². The van der Waals surface area contributed by atoms with Crippen molar-refractivity contribution in [2.45, 2.75) is 43.0 Å². The summed E-state index contributed by atoms with van der Waals surface area (Å²) >= 11 is 0. The Bertz CT molecular complexity index is 1680. The molecule has 0 saturated heterocycles. The number of ether oxygens (including phenoxy) is 2. The Labute approximate surface area is 221 Å². The Morgan fingerprint density at radius 1 is 1.00 bits per heavy atom. The number of nitrogens with zero attached hydrogens (tertiary/aromatic N) is 2. The van der Waals surface area contributed by atoms with Gasteiger partial charge in [-0.1, -0.05) is 26.0 Å². The number of sulfone groups is 1. The van der Waals surface area contributed by atoms with Gasteiger partial charge in [-0.05, 0) is 54.8 Å². The first-order valence-electron chi connectivity index (χ1n) is 11.9. The zero-order chi connectivity index (χ0) is 27.6. The molecule has 0 aliphatic carbocycles. The first-order valence-corrected chi connectivity index (χ1v) is 13.4. The third kappa shape index (κ3) is 5.26. The molecule has 4 aromatic rings. The Kier molecular flexibility index (Phi) is 7.54. The fourth-order valence-electron chi connectivity index (χ4n) is 4.07. The van der Waals surface area contributed by atoms with Gasteiger partial charge in [0.25, 0.3) is 0 Å². The van der Waals surface area contributed by atoms with E-state index in [0.717, 1.165) is 5.56 Å². The van der Waals surface area contributed by atoms with E-state index in [4.69, 9.17) is 9.47 Å². The number of hydrogen-bond donors (Lipinski definition) is 1. The number of aromatic nitrogens is 2. The van der Waals surface area contributed by atoms with Crippen LogP contribution in [0.15, 0.2) is 75.4 Å². The van der Waals surface area contributed by atoms with Crippen LogP contribution in [0.25, 0.3) is 11.0 Å². The molecule has 38 heavy (non-hydrogen) atoms. The molecule has 0 saturated carbocycles. The summed E-state index contributed by atoms with van der Waals surface area (Å²) in [6.45, 7) is 5.48. The molecule has 0 aliphatic rings. The number of benzene rings is 2. The van der Waals surface area contributed by atoms with Crippen LogP contribution in [-0.2, 0) is 21.2 Å². The Morgan fingerprint density at radius 2 is 1.68 bits per heavy atom. The Balaban J connectivity index is 1.76. The van der Waals surface area contributed by atoms with Crippen LogP contribution in [0.5, 0.6) is 11.5 Å². The summed E-state index contributed by atoms with van der Waals surface area (Å²) in [7, 11) is -1.17. The minimum absolute atomic E-state index is 0.000231. The molecule has 1 N–H and O–H groups in total. The first kappa shape index (κ1) is 26.9. The normalized spacial score (nSPS) is 11.5. The number of carbonyl (C=O) groups excluding carboxylic acids is 1. The molecule has 198 valence electrons. The van der Waals surface area contributed by atoms with E-state index >= 15 is 0 Å². The highest BCUT2D eigenvalue weighted by atomic mass is 32.2. The molecule has 0 unspecified atom stereocenters. The van der Waals surface area contributed by atoms with Gasteiger partial charge in [-0.25, -0.2) is 13.4 Å². The number of aryl methyl sites for hydroxylation is 1. The van der Waals surface area contributed by atoms with Crippen molar-refractivity contribution < 1.29 is 22.7 Å². The van der Waals surface area contributed by atoms with Gasteiger partial charge >= 0.3 is 0 Å². The van der Waals surface area contributed by atoms with Crippen LogP contribution < -0.4 is 20.2 Å². The number of amides is 1. The van der Waals surface area contributed by atoms with Crippen LogP contribution in [-0.4, -0.2) is 38.1 Å². The quantitative estimate of drug-likeness (QED) is 0.357. The SMILES string of the molecule is COc1ccc(NC(=O)Cn2cc(S(=O)(=O)c3ccc(C(C)C)cc3)c(=O)c3ccc(C)nc32)cc1OC. The predicted molar refractivity (Wildman–Crippen MR) is 145 cm³/mol. The lowest BCUT2D eigenvalue weighted by molar-refractivity contribution is -0.116. The average Bonchev–Trinajstić information content (AvgIpc) is 2.89. The first-order chi connectivity index (χ1) is 18.0. The minimum Gasteiger partial charge on any atom is -0.493 e. The topological polar surface area (TPSA) is 117 Å². The Morgan fingerprint density at radius 3 is 2.32 bits per heavy atom. The van der Waals surface area contributed by atoms with E-state index in [2.05, 4.69) is 10.3 Å². The molecule has 0 atom stereocenters. The second kappa shape index (κ2) is 10.7. The summed E-state index contributed by atoms with van der Waals surface area (Å²) in [5.41, 5.74) is 1.60. The number of hydrogen-bond acceptors (Lipinski definition) is 7. The van der Waals surface area contributed by atoms with Crippen LogP contribution in [0.1, 0.15) is 31.0 Å². The number of nitrogens with one attached hydrogen (secondary N) is 1. The molecule has 2 heterocycles. The summed E-state index contributed by atoms with van der Waals surface area (Å²) in [6.07, 6.45) is 1.19. The van der Waals surface area contributed by atoms with E-state index in [1.165, 1.54) is 43.2 Å². The van der Waals surface area contributed by atoms with Crippen molar-refractivity contribution in [3.05, 3.63) is 82.3 Å². The van der Waals surface area contributed by atoms with Crippen LogP contribution in [0, 0.1) is 6.92 Å². The largest absolute Gasteiger partial charge is 0.493 e. The van der Waals surface area contributed by atoms with Gasteiger partial charge in [0.05, 0.1) is 24.5 Å². The number of methoxy groups -OCH3 is 2. The van der Waals surface area contributed by atoms with Crippen molar-refractivity contribution in [3.63, 3.8) is 0 Å². The van der Waals surface area contributed by atoms with E-state index in [9.17, 15) is 18.0 Å². The maximum Gasteiger partial charge on any atom is 0.244 e. The van der Waals surface area contributed by atoms with Crippen molar-refractivity contribution >= 4 is 32.5 Å². The molecule has 0 bridgehead atoms. The minimum atomic E-state index is -4.17. The molecule has 0 spiro atoms. The fourth-order valence-corrected chi connectivity index (χ4v) is 5.44. The van der Waals surface area contributed by atoms with E-state index in [-0.39, 0.29) is 28.4 Å². The highest BCUT2D eigenvalue weighted by molar-refractivity contribution is 7.91. The van der Waals surface area contributed by atoms with E-state index in [1.54, 1.807) is 43.3 Å². The summed E-state index contributed by atoms with van der Waals surface area (Å²) < 4.78 is 39.0. The van der Waals surface area contributed by atoms with E-state index in [0.29, 0.717) is 22.9 Å². The van der Waals surface area contributed by atoms with Gasteiger partial charge in [-0.2, -0.15) is 0 Å². The third-order valence-corrected chi connectivity index (χ3v) is 7.92. The summed E-state index contributed by atoms with van der Waals surface area (Å²) in [4.78, 5) is 30.4. The van der Waals surface area contributed by atoms with Crippen LogP contribution in [0.3, 0.4) is 0 Å². The molecule has 0 aliphatic heterocycles. The third-order valence-electron chi connectivity index (χ3n) is 6.16. The molecular formula is C28H29N3O6S. The molecule has 1 amide bonds. The van der Waals surface area contributed by atoms with Crippen molar-refractivity contribution in [2.24, 2.45) is 0 Å². The van der Waals surface area contributed by atoms with Crippen LogP contribution in [0.2, 0.25) is 0 Å². The van der Waals surface area contributed by atoms with Crippen molar-refractivity contribution in [1.29, 1.82) is 0 Å². The van der Waals surface area contributed by atoms with Crippen LogP contribution >= 0.6 is 0 Å². The lowest BCUT2D eigenvalue weighted by atomic mass is 10.0. The van der Waals surface area contributed by atoms with Crippen molar-refractivity contribution in [3.8, 4) is 11.5 Å². The lowest BCUT2D eigenvalue weighted by Gasteiger charge is -2.15. The average molecular weight is 536 g/mol. The molecule has 2 aromatic heterocycles. The van der Waals surface area contributed by atoms with Gasteiger partial charge in [0.1, 0.15) is 17.1 Å². The maximum absolute atomic E-state index is 13.5. The predicted octanol–water partition coefficient (Wildman–Crippen LogP) is 4.32. The lowest BCUT2D eigenvalue weighted by Crippen LogP contribution is -2.24. The highest BCUT2D eigenvalue weighted by Gasteiger charge is 2.25. The summed E-state index contributed by atoms with van der Waals surface area (Å²) in [5.74, 6) is 0.722. The van der Waals surface area contributed by atoms with Gasteiger partial charge in [0, 0.05) is 23.6 Å². The summed E-state index contributed by atoms with van der Waals surface area (Å²) in [6, 6.07) is 14.5. The standard InChI is InChI=1S/C28H29N3O6S/c1-17(2)19-7-10-21(11-8-19)38(34,35)25-15-31(28-22(27(25)33)12-6-18(3)29-28)16-26(32)30-20-9-13-23(36-4)24(14-20)37-5/h6-15,17H,16H2,1-5H3,(H,30,32). The van der Waals surface area contributed by atoms with Crippen molar-refractivity contribution in [2.75, 3.05) is 19.5 Å². The van der Waals surface area contributed by atoms with Gasteiger partial charge in [-0.15, -0.1) is 0 Å². The van der Waals surface area contributed by atoms with Crippen LogP contribution in [0.4, 0.5) is 5.69 Å². The molecular weight excluding hydrogens is 506 g/mol. The van der Waals surface area contributed by atoms with Gasteiger partial charge in [0.2, 0.25) is 21.2 Å². The number of anilines is 1. The molecule has 10 heteroatoms. The zero-order valence-electron chi connectivity index (χ0n) is 21.8. The summed E-state index contributed by atoms with van der Waals surface area (Å²) in [5, 5.41) is 2.87. The maximum atomic E-state index is 13.5. The van der Waals surface area contributed by atoms with Gasteiger partial charge in [-0.3, -0.25) is 9.59 Å². The molecule has 0 fully saturated rings. The molecule has 0 radical (unpaired) electrons. The number of carbonyl (C=O) groups is 1. The Hall–Kier alpha value is -4.18. The molecule has 2 aromatic carbocycles. The number of pyridine rings is 2. The molecule has 9 nitrogen and oxygen atoms in total. The second-order valence-corrected chi connectivity index (χ2v) is 11.0. The highest BCUT2D eigenvalue weighted by Crippen LogP contribution is 2.30. The van der Waals surface area contributed by atoms with E-state index < -0.39 is 26.1 Å². The number of fused-ring (bicyclic) bond motifs is 1. The monoisotopic (exact) mass is 535 g/mol. The smallest absolute Gasteiger partial charge is 0.244 e. The fraction of sp³-hybridized carbons (Fsp3) is 0.250. The van der Waals surface area contributed by atoms with Gasteiger partial charge < -0.3 is 19.4 Å². The van der Waals surface area contributed by atoms with Gasteiger partial charge in [0.15, 0.2) is 11.5 Å². The van der Waals surface area contributed by atoms with E-state index in [1.807, 2.05) is 13.8 Å².